The smallest absolute Gasteiger partial charge is 0.229 e. The lowest BCUT2D eigenvalue weighted by Gasteiger charge is -2.51. The maximum absolute atomic E-state index is 14.9. The van der Waals surface area contributed by atoms with Gasteiger partial charge in [0.15, 0.2) is 0 Å². The Bertz CT molecular complexity index is 1270. The minimum atomic E-state index is -0.740. The van der Waals surface area contributed by atoms with Gasteiger partial charge in [-0.1, -0.05) is 69.5 Å². The molecule has 0 bridgehead atoms. The molecule has 33 heavy (non-hydrogen) atoms. The fraction of sp³-hybridized carbons (Fsp3) is 0.414. The molecule has 2 spiro atoms. The lowest BCUT2D eigenvalue weighted by Crippen LogP contribution is -2.65. The Hall–Kier alpha value is -2.88. The highest BCUT2D eigenvalue weighted by atomic mass is 19.1. The standard InChI is InChI=1S/C29H31FN2O/c1-19(2)17-32-25-16-24(30)20(3)15-23(25)28(13-7-4-8-14-28)29(32)18-31-27-22-10-6-5-9-21(22)11-12-26(27)33-29/h5-6,9-12,15-16,18-19H,4,7-8,13-14,17H2,1-3H3. The summed E-state index contributed by atoms with van der Waals surface area (Å²) in [6.45, 7) is 7.09. The van der Waals surface area contributed by atoms with Gasteiger partial charge in [-0.25, -0.2) is 4.39 Å². The minimum absolute atomic E-state index is 0.148. The SMILES string of the molecule is Cc1cc2c(cc1F)N(CC(C)C)C1(C=Nc3c(ccc4ccccc34)O1)C21CCCCC1. The van der Waals surface area contributed by atoms with Crippen molar-refractivity contribution < 1.29 is 9.13 Å². The van der Waals surface area contributed by atoms with E-state index in [1.54, 1.807) is 6.07 Å². The van der Waals surface area contributed by atoms with E-state index in [-0.39, 0.29) is 11.2 Å². The van der Waals surface area contributed by atoms with Crippen LogP contribution in [0.2, 0.25) is 0 Å². The quantitative estimate of drug-likeness (QED) is 0.411. The van der Waals surface area contributed by atoms with Crippen molar-refractivity contribution in [3.05, 3.63) is 65.5 Å². The molecule has 2 aliphatic heterocycles. The van der Waals surface area contributed by atoms with Gasteiger partial charge in [0.2, 0.25) is 5.72 Å². The van der Waals surface area contributed by atoms with Crippen LogP contribution in [0.5, 0.6) is 5.75 Å². The first-order valence-electron chi connectivity index (χ1n) is 12.3. The molecule has 3 aromatic rings. The molecule has 1 saturated carbocycles. The largest absolute Gasteiger partial charge is 0.459 e. The maximum Gasteiger partial charge on any atom is 0.229 e. The summed E-state index contributed by atoms with van der Waals surface area (Å²) < 4.78 is 22.0. The third-order valence-electron chi connectivity index (χ3n) is 7.92. The lowest BCUT2D eigenvalue weighted by atomic mass is 9.64. The van der Waals surface area contributed by atoms with Gasteiger partial charge >= 0.3 is 0 Å². The van der Waals surface area contributed by atoms with Gasteiger partial charge in [-0.2, -0.15) is 0 Å². The third-order valence-corrected chi connectivity index (χ3v) is 7.92. The first-order valence-corrected chi connectivity index (χ1v) is 12.3. The van der Waals surface area contributed by atoms with Crippen molar-refractivity contribution in [2.24, 2.45) is 10.9 Å². The Balaban J connectivity index is 1.60. The Morgan fingerprint density at radius 3 is 2.64 bits per heavy atom. The average molecular weight is 443 g/mol. The molecular weight excluding hydrogens is 411 g/mol. The van der Waals surface area contributed by atoms with Crippen LogP contribution in [0.25, 0.3) is 10.8 Å². The van der Waals surface area contributed by atoms with Gasteiger partial charge in [0.25, 0.3) is 0 Å². The highest BCUT2D eigenvalue weighted by molar-refractivity contribution is 6.00. The zero-order chi connectivity index (χ0) is 22.8. The molecule has 1 atom stereocenters. The Morgan fingerprint density at radius 2 is 1.85 bits per heavy atom. The number of anilines is 1. The topological polar surface area (TPSA) is 24.8 Å². The molecule has 0 amide bonds. The number of hydrogen-bond donors (Lipinski definition) is 0. The molecule has 170 valence electrons. The summed E-state index contributed by atoms with van der Waals surface area (Å²) in [7, 11) is 0. The average Bonchev–Trinajstić information content (AvgIpc) is 2.99. The number of hydrogen-bond acceptors (Lipinski definition) is 3. The van der Waals surface area contributed by atoms with Crippen LogP contribution in [0.15, 0.2) is 53.5 Å². The number of aliphatic imine (C=N–C) groups is 1. The predicted molar refractivity (Wildman–Crippen MR) is 134 cm³/mol. The maximum atomic E-state index is 14.9. The lowest BCUT2D eigenvalue weighted by molar-refractivity contribution is 0.0347. The first-order chi connectivity index (χ1) is 15.9. The molecule has 0 N–H and O–H groups in total. The van der Waals surface area contributed by atoms with E-state index in [1.807, 2.05) is 13.0 Å². The van der Waals surface area contributed by atoms with Crippen LogP contribution in [0, 0.1) is 18.7 Å². The zero-order valence-electron chi connectivity index (χ0n) is 19.7. The summed E-state index contributed by atoms with van der Waals surface area (Å²) >= 11 is 0. The van der Waals surface area contributed by atoms with Crippen molar-refractivity contribution in [1.82, 2.24) is 0 Å². The van der Waals surface area contributed by atoms with E-state index >= 15 is 0 Å². The molecule has 3 aliphatic rings. The molecule has 6 rings (SSSR count). The van der Waals surface area contributed by atoms with E-state index < -0.39 is 5.72 Å². The van der Waals surface area contributed by atoms with E-state index in [2.05, 4.69) is 61.4 Å². The number of halogens is 1. The Morgan fingerprint density at radius 1 is 1.06 bits per heavy atom. The van der Waals surface area contributed by atoms with Crippen LogP contribution >= 0.6 is 0 Å². The minimum Gasteiger partial charge on any atom is -0.459 e. The van der Waals surface area contributed by atoms with E-state index in [0.717, 1.165) is 60.1 Å². The summed E-state index contributed by atoms with van der Waals surface area (Å²) in [4.78, 5) is 7.43. The van der Waals surface area contributed by atoms with Crippen molar-refractivity contribution in [1.29, 1.82) is 0 Å². The zero-order valence-corrected chi connectivity index (χ0v) is 19.7. The molecule has 3 aromatic carbocycles. The van der Waals surface area contributed by atoms with Crippen LogP contribution in [-0.2, 0) is 5.41 Å². The van der Waals surface area contributed by atoms with Crippen LogP contribution in [0.4, 0.5) is 15.8 Å². The molecular formula is C29H31FN2O. The van der Waals surface area contributed by atoms with E-state index in [9.17, 15) is 4.39 Å². The van der Waals surface area contributed by atoms with Crippen LogP contribution in [-0.4, -0.2) is 18.5 Å². The molecule has 1 fully saturated rings. The highest BCUT2D eigenvalue weighted by Crippen LogP contribution is 2.60. The van der Waals surface area contributed by atoms with Crippen molar-refractivity contribution in [3.63, 3.8) is 0 Å². The summed E-state index contributed by atoms with van der Waals surface area (Å²) in [5.41, 5.74) is 2.84. The fourth-order valence-electron chi connectivity index (χ4n) is 6.43. The number of ether oxygens (including phenoxy) is 1. The molecule has 2 heterocycles. The van der Waals surface area contributed by atoms with Crippen molar-refractivity contribution >= 4 is 28.4 Å². The van der Waals surface area contributed by atoms with Gasteiger partial charge in [-0.05, 0) is 54.3 Å². The van der Waals surface area contributed by atoms with Gasteiger partial charge in [-0.15, -0.1) is 0 Å². The molecule has 0 saturated heterocycles. The van der Waals surface area contributed by atoms with Gasteiger partial charge in [0.1, 0.15) is 17.3 Å². The molecule has 0 aromatic heterocycles. The Labute approximate surface area is 195 Å². The van der Waals surface area contributed by atoms with Crippen LogP contribution in [0.3, 0.4) is 0 Å². The normalized spacial score (nSPS) is 22.8. The van der Waals surface area contributed by atoms with Gasteiger partial charge < -0.3 is 9.64 Å². The van der Waals surface area contributed by atoms with E-state index in [0.29, 0.717) is 11.5 Å². The number of nitrogens with zero attached hydrogens (tertiary/aromatic N) is 2. The van der Waals surface area contributed by atoms with Gasteiger partial charge in [0, 0.05) is 17.6 Å². The number of benzene rings is 3. The van der Waals surface area contributed by atoms with Crippen molar-refractivity contribution in [2.75, 3.05) is 11.4 Å². The van der Waals surface area contributed by atoms with Crippen molar-refractivity contribution in [2.45, 2.75) is 64.0 Å². The molecule has 1 unspecified atom stereocenters. The van der Waals surface area contributed by atoms with Crippen LogP contribution < -0.4 is 9.64 Å². The van der Waals surface area contributed by atoms with Gasteiger partial charge in [-0.3, -0.25) is 4.99 Å². The fourth-order valence-corrected chi connectivity index (χ4v) is 6.43. The number of aryl methyl sites for hydroxylation is 1. The molecule has 4 heteroatoms. The molecule has 1 aliphatic carbocycles. The Kier molecular flexibility index (Phi) is 4.59. The second-order valence-corrected chi connectivity index (χ2v) is 10.5. The van der Waals surface area contributed by atoms with E-state index in [4.69, 9.17) is 9.73 Å². The number of fused-ring (bicyclic) bond motifs is 6. The third kappa shape index (κ3) is 2.82. The predicted octanol–water partition coefficient (Wildman–Crippen LogP) is 7.46. The summed E-state index contributed by atoms with van der Waals surface area (Å²) in [6, 6.07) is 16.3. The highest BCUT2D eigenvalue weighted by Gasteiger charge is 2.64. The second kappa shape index (κ2) is 7.31. The molecule has 0 radical (unpaired) electrons. The number of rotatable bonds is 2. The van der Waals surface area contributed by atoms with Crippen LogP contribution in [0.1, 0.15) is 57.1 Å². The summed E-state index contributed by atoms with van der Waals surface area (Å²) in [5, 5.41) is 2.26. The monoisotopic (exact) mass is 442 g/mol. The summed E-state index contributed by atoms with van der Waals surface area (Å²) in [6.07, 6.45) is 7.63. The molecule has 3 nitrogen and oxygen atoms in total. The van der Waals surface area contributed by atoms with Crippen molar-refractivity contribution in [3.8, 4) is 5.75 Å². The van der Waals surface area contributed by atoms with E-state index in [1.165, 1.54) is 12.0 Å². The first kappa shape index (κ1) is 20.7. The second-order valence-electron chi connectivity index (χ2n) is 10.5. The summed E-state index contributed by atoms with van der Waals surface area (Å²) in [5.74, 6) is 1.07. The van der Waals surface area contributed by atoms with Gasteiger partial charge in [0.05, 0.1) is 11.6 Å².